The summed E-state index contributed by atoms with van der Waals surface area (Å²) >= 11 is 5.88. The van der Waals surface area contributed by atoms with Gasteiger partial charge >= 0.3 is 11.9 Å². The van der Waals surface area contributed by atoms with Crippen LogP contribution in [0.25, 0.3) is 0 Å². The second kappa shape index (κ2) is 5.42. The number of methoxy groups -OCH3 is 1. The highest BCUT2D eigenvalue weighted by Crippen LogP contribution is 2.39. The number of halogens is 1. The first-order valence-corrected chi connectivity index (χ1v) is 6.56. The number of carbonyl (C=O) groups excluding carboxylic acids is 3. The van der Waals surface area contributed by atoms with E-state index in [-0.39, 0.29) is 16.1 Å². The Morgan fingerprint density at radius 2 is 2.00 bits per heavy atom. The van der Waals surface area contributed by atoms with Gasteiger partial charge in [-0.1, -0.05) is 11.6 Å². The number of carbonyl (C=O) groups is 4. The Hall–Kier alpha value is -2.41. The number of hydrogen-bond donors (Lipinski definition) is 1. The van der Waals surface area contributed by atoms with Crippen molar-refractivity contribution >= 4 is 35.4 Å². The van der Waals surface area contributed by atoms with Gasteiger partial charge in [-0.2, -0.15) is 0 Å². The number of esters is 1. The number of carboxylic acid groups (broad SMARTS) is 1. The first-order chi connectivity index (χ1) is 10.3. The Morgan fingerprint density at radius 3 is 2.55 bits per heavy atom. The highest BCUT2D eigenvalue weighted by molar-refractivity contribution is 6.31. The summed E-state index contributed by atoms with van der Waals surface area (Å²) in [6, 6.07) is 4.02. The maximum atomic E-state index is 12.6. The molecule has 116 valence electrons. The lowest BCUT2D eigenvalue weighted by molar-refractivity contribution is -0.160. The molecule has 1 unspecified atom stereocenters. The summed E-state index contributed by atoms with van der Waals surface area (Å²) in [5.41, 5.74) is -2.15. The van der Waals surface area contributed by atoms with E-state index in [1.807, 2.05) is 0 Å². The predicted molar refractivity (Wildman–Crippen MR) is 74.5 cm³/mol. The molecule has 1 aliphatic rings. The number of amides is 2. The van der Waals surface area contributed by atoms with Crippen LogP contribution in [0.4, 0.5) is 0 Å². The molecule has 1 aromatic carbocycles. The van der Waals surface area contributed by atoms with E-state index < -0.39 is 35.6 Å². The van der Waals surface area contributed by atoms with Gasteiger partial charge in [0.25, 0.3) is 11.8 Å². The number of fused-ring (bicyclic) bond motifs is 1. The number of carboxylic acids is 1. The van der Waals surface area contributed by atoms with Crippen LogP contribution in [-0.2, 0) is 24.5 Å². The van der Waals surface area contributed by atoms with E-state index in [9.17, 15) is 19.2 Å². The number of imide groups is 1. The monoisotopic (exact) mass is 325 g/mol. The normalized spacial score (nSPS) is 20.6. The molecule has 7 nitrogen and oxygen atoms in total. The van der Waals surface area contributed by atoms with Crippen molar-refractivity contribution < 1.29 is 29.0 Å². The number of rotatable bonds is 3. The smallest absolute Gasteiger partial charge is 0.326 e. The molecule has 2 amide bonds. The van der Waals surface area contributed by atoms with Crippen LogP contribution in [0.1, 0.15) is 22.3 Å². The molecule has 1 heterocycles. The van der Waals surface area contributed by atoms with Crippen LogP contribution in [-0.4, -0.2) is 47.9 Å². The summed E-state index contributed by atoms with van der Waals surface area (Å²) < 4.78 is 4.64. The third-order valence-corrected chi connectivity index (χ3v) is 3.83. The topological polar surface area (TPSA) is 101 Å². The van der Waals surface area contributed by atoms with E-state index in [1.54, 1.807) is 0 Å². The lowest BCUT2D eigenvalue weighted by Crippen LogP contribution is -2.58. The highest BCUT2D eigenvalue weighted by Gasteiger charge is 2.57. The predicted octanol–water partition coefficient (Wildman–Crippen LogP) is 0.838. The fourth-order valence-electron chi connectivity index (χ4n) is 2.57. The van der Waals surface area contributed by atoms with Gasteiger partial charge in [0.1, 0.15) is 0 Å². The average molecular weight is 326 g/mol. The van der Waals surface area contributed by atoms with Crippen molar-refractivity contribution in [1.82, 2.24) is 4.90 Å². The van der Waals surface area contributed by atoms with Crippen LogP contribution in [0.2, 0.25) is 5.02 Å². The molecule has 1 N–H and O–H groups in total. The average Bonchev–Trinajstić information content (AvgIpc) is 2.48. The van der Waals surface area contributed by atoms with Crippen LogP contribution in [0.5, 0.6) is 0 Å². The van der Waals surface area contributed by atoms with Gasteiger partial charge < -0.3 is 9.84 Å². The van der Waals surface area contributed by atoms with Gasteiger partial charge in [0.2, 0.25) is 0 Å². The molecule has 1 atom stereocenters. The van der Waals surface area contributed by atoms with Crippen molar-refractivity contribution in [3.8, 4) is 0 Å². The molecular formula is C14H12ClNO6. The zero-order valence-corrected chi connectivity index (χ0v) is 12.5. The lowest BCUT2D eigenvalue weighted by Gasteiger charge is -2.37. The Bertz CT molecular complexity index is 701. The molecule has 0 fully saturated rings. The van der Waals surface area contributed by atoms with Crippen LogP contribution in [0, 0.1) is 0 Å². The van der Waals surface area contributed by atoms with Crippen molar-refractivity contribution in [2.75, 3.05) is 14.2 Å². The van der Waals surface area contributed by atoms with Crippen LogP contribution in [0.3, 0.4) is 0 Å². The highest BCUT2D eigenvalue weighted by atomic mass is 35.5. The number of ether oxygens (including phenoxy) is 1. The SMILES string of the molecule is COC(=O)C1(CC(=O)O)C(=O)N(C)C(=O)c2ccc(Cl)cc21. The molecular weight excluding hydrogens is 314 g/mol. The fourth-order valence-corrected chi connectivity index (χ4v) is 2.74. The fraction of sp³-hybridized carbons (Fsp3) is 0.286. The van der Waals surface area contributed by atoms with Crippen molar-refractivity contribution in [3.05, 3.63) is 34.3 Å². The minimum absolute atomic E-state index is 0.0400. The van der Waals surface area contributed by atoms with Gasteiger partial charge in [0, 0.05) is 17.6 Å². The second-order valence-electron chi connectivity index (χ2n) is 4.83. The third-order valence-electron chi connectivity index (χ3n) is 3.60. The Morgan fingerprint density at radius 1 is 1.36 bits per heavy atom. The largest absolute Gasteiger partial charge is 0.481 e. The van der Waals surface area contributed by atoms with Gasteiger partial charge in [0.15, 0.2) is 5.41 Å². The van der Waals surface area contributed by atoms with Crippen LogP contribution >= 0.6 is 11.6 Å². The number of likely N-dealkylation sites (N-methyl/N-ethyl adjacent to an activating group) is 1. The van der Waals surface area contributed by atoms with Crippen LogP contribution in [0.15, 0.2) is 18.2 Å². The number of benzene rings is 1. The quantitative estimate of drug-likeness (QED) is 0.502. The molecule has 0 aliphatic carbocycles. The Balaban J connectivity index is 2.85. The summed E-state index contributed by atoms with van der Waals surface area (Å²) in [4.78, 5) is 49.0. The molecule has 22 heavy (non-hydrogen) atoms. The van der Waals surface area contributed by atoms with Gasteiger partial charge in [-0.25, -0.2) is 0 Å². The van der Waals surface area contributed by atoms with Crippen LogP contribution < -0.4 is 0 Å². The molecule has 0 spiro atoms. The van der Waals surface area contributed by atoms with E-state index in [0.29, 0.717) is 0 Å². The Labute approximate surface area is 130 Å². The zero-order valence-electron chi connectivity index (χ0n) is 11.8. The minimum Gasteiger partial charge on any atom is -0.481 e. The second-order valence-corrected chi connectivity index (χ2v) is 5.26. The van der Waals surface area contributed by atoms with E-state index in [2.05, 4.69) is 4.74 Å². The van der Waals surface area contributed by atoms with Crippen molar-refractivity contribution in [2.45, 2.75) is 11.8 Å². The van der Waals surface area contributed by atoms with Gasteiger partial charge in [0.05, 0.1) is 13.5 Å². The number of nitrogens with zero attached hydrogens (tertiary/aromatic N) is 1. The van der Waals surface area contributed by atoms with Crippen molar-refractivity contribution in [1.29, 1.82) is 0 Å². The molecule has 1 aromatic rings. The number of aliphatic carboxylic acids is 1. The first-order valence-electron chi connectivity index (χ1n) is 6.18. The van der Waals surface area contributed by atoms with Gasteiger partial charge in [-0.15, -0.1) is 0 Å². The van der Waals surface area contributed by atoms with Gasteiger partial charge in [-0.05, 0) is 23.8 Å². The lowest BCUT2D eigenvalue weighted by atomic mass is 9.71. The minimum atomic E-state index is -2.14. The van der Waals surface area contributed by atoms with E-state index in [4.69, 9.17) is 16.7 Å². The standard InChI is InChI=1S/C14H12ClNO6/c1-16-11(19)8-4-3-7(15)5-9(8)14(12(16)20,6-10(17)18)13(21)22-2/h3-5H,6H2,1-2H3,(H,17,18). The molecule has 1 aliphatic heterocycles. The molecule has 0 saturated carbocycles. The molecule has 0 saturated heterocycles. The molecule has 0 bridgehead atoms. The molecule has 2 rings (SSSR count). The van der Waals surface area contributed by atoms with E-state index >= 15 is 0 Å². The van der Waals surface area contributed by atoms with E-state index in [1.165, 1.54) is 25.2 Å². The number of hydrogen-bond acceptors (Lipinski definition) is 5. The van der Waals surface area contributed by atoms with E-state index in [0.717, 1.165) is 12.0 Å². The molecule has 0 aromatic heterocycles. The first kappa shape index (κ1) is 16.0. The maximum Gasteiger partial charge on any atom is 0.326 e. The van der Waals surface area contributed by atoms with Crippen molar-refractivity contribution in [3.63, 3.8) is 0 Å². The maximum absolute atomic E-state index is 12.6. The molecule has 0 radical (unpaired) electrons. The summed E-state index contributed by atoms with van der Waals surface area (Å²) in [5, 5.41) is 9.31. The third kappa shape index (κ3) is 2.14. The van der Waals surface area contributed by atoms with Crippen molar-refractivity contribution in [2.24, 2.45) is 0 Å². The summed E-state index contributed by atoms with van der Waals surface area (Å²) in [6.45, 7) is 0. The summed E-state index contributed by atoms with van der Waals surface area (Å²) in [5.74, 6) is -4.03. The molecule has 8 heteroatoms. The Kier molecular flexibility index (Phi) is 3.93. The summed E-state index contributed by atoms with van der Waals surface area (Å²) in [7, 11) is 2.22. The zero-order chi connectivity index (χ0) is 16.7. The summed E-state index contributed by atoms with van der Waals surface area (Å²) in [6.07, 6.45) is -0.844. The van der Waals surface area contributed by atoms with Gasteiger partial charge in [-0.3, -0.25) is 24.1 Å².